The summed E-state index contributed by atoms with van der Waals surface area (Å²) in [4.78, 5) is 31.5. The molecule has 3 rings (SSSR count). The number of carbonyl (C=O) groups is 2. The first kappa shape index (κ1) is 15.7. The lowest BCUT2D eigenvalue weighted by Gasteiger charge is -2.05. The van der Waals surface area contributed by atoms with Gasteiger partial charge in [0.1, 0.15) is 11.3 Å². The highest BCUT2D eigenvalue weighted by molar-refractivity contribution is 5.96. The van der Waals surface area contributed by atoms with Gasteiger partial charge in [0.05, 0.1) is 6.20 Å². The SMILES string of the molecule is O=C(NCCCNC(=O)c1cc2ccccc2o1)c1cnccn1. The number of amides is 2. The van der Waals surface area contributed by atoms with Crippen molar-refractivity contribution in [1.29, 1.82) is 0 Å². The molecule has 0 aliphatic heterocycles. The lowest BCUT2D eigenvalue weighted by Crippen LogP contribution is -2.30. The monoisotopic (exact) mass is 324 g/mol. The highest BCUT2D eigenvalue weighted by Gasteiger charge is 2.11. The van der Waals surface area contributed by atoms with Crippen LogP contribution in [-0.4, -0.2) is 34.9 Å². The van der Waals surface area contributed by atoms with Crippen LogP contribution < -0.4 is 10.6 Å². The van der Waals surface area contributed by atoms with Crippen molar-refractivity contribution in [3.05, 3.63) is 60.4 Å². The van der Waals surface area contributed by atoms with Crippen LogP contribution in [-0.2, 0) is 0 Å². The molecule has 0 atom stereocenters. The van der Waals surface area contributed by atoms with Gasteiger partial charge in [0.2, 0.25) is 0 Å². The van der Waals surface area contributed by atoms with Crippen molar-refractivity contribution in [3.63, 3.8) is 0 Å². The first-order valence-corrected chi connectivity index (χ1v) is 7.55. The molecule has 3 aromatic rings. The second-order valence-electron chi connectivity index (χ2n) is 5.10. The zero-order chi connectivity index (χ0) is 16.8. The number of benzene rings is 1. The van der Waals surface area contributed by atoms with Gasteiger partial charge in [-0.1, -0.05) is 18.2 Å². The van der Waals surface area contributed by atoms with Crippen molar-refractivity contribution < 1.29 is 14.0 Å². The largest absolute Gasteiger partial charge is 0.451 e. The predicted molar refractivity (Wildman–Crippen MR) is 87.5 cm³/mol. The van der Waals surface area contributed by atoms with Gasteiger partial charge in [0.15, 0.2) is 5.76 Å². The molecule has 2 amide bonds. The summed E-state index contributed by atoms with van der Waals surface area (Å²) in [5, 5.41) is 6.37. The minimum absolute atomic E-state index is 0.267. The van der Waals surface area contributed by atoms with E-state index in [0.717, 1.165) is 5.39 Å². The number of carbonyl (C=O) groups excluding carboxylic acids is 2. The average Bonchev–Trinajstić information content (AvgIpc) is 3.06. The second kappa shape index (κ2) is 7.36. The number of nitrogens with one attached hydrogen (secondary N) is 2. The van der Waals surface area contributed by atoms with Crippen LogP contribution in [0.4, 0.5) is 0 Å². The van der Waals surface area contributed by atoms with Crippen LogP contribution >= 0.6 is 0 Å². The Hall–Kier alpha value is -3.22. The fourth-order valence-corrected chi connectivity index (χ4v) is 2.18. The van der Waals surface area contributed by atoms with Crippen LogP contribution in [0, 0.1) is 0 Å². The number of fused-ring (bicyclic) bond motifs is 1. The Bertz CT molecular complexity index is 812. The molecule has 2 N–H and O–H groups in total. The number of aromatic nitrogens is 2. The molecule has 0 spiro atoms. The summed E-state index contributed by atoms with van der Waals surface area (Å²) in [6.07, 6.45) is 4.96. The van der Waals surface area contributed by atoms with Gasteiger partial charge in [0.25, 0.3) is 11.8 Å². The molecule has 0 bridgehead atoms. The lowest BCUT2D eigenvalue weighted by molar-refractivity contribution is 0.0927. The Morgan fingerprint density at radius 3 is 2.58 bits per heavy atom. The van der Waals surface area contributed by atoms with E-state index >= 15 is 0 Å². The van der Waals surface area contributed by atoms with E-state index in [0.29, 0.717) is 25.1 Å². The number of rotatable bonds is 6. The third kappa shape index (κ3) is 3.75. The number of hydrogen-bond acceptors (Lipinski definition) is 5. The van der Waals surface area contributed by atoms with Crippen LogP contribution in [0.15, 0.2) is 53.3 Å². The first-order valence-electron chi connectivity index (χ1n) is 7.55. The van der Waals surface area contributed by atoms with E-state index in [1.165, 1.54) is 18.6 Å². The Kier molecular flexibility index (Phi) is 4.81. The van der Waals surface area contributed by atoms with Gasteiger partial charge < -0.3 is 15.1 Å². The van der Waals surface area contributed by atoms with Gasteiger partial charge in [-0.3, -0.25) is 14.6 Å². The third-order valence-electron chi connectivity index (χ3n) is 3.37. The van der Waals surface area contributed by atoms with E-state index in [-0.39, 0.29) is 23.3 Å². The van der Waals surface area contributed by atoms with Gasteiger partial charge in [-0.25, -0.2) is 4.98 Å². The van der Waals surface area contributed by atoms with E-state index in [1.807, 2.05) is 24.3 Å². The van der Waals surface area contributed by atoms with Crippen molar-refractivity contribution in [3.8, 4) is 0 Å². The molecule has 0 saturated carbocycles. The molecule has 7 nitrogen and oxygen atoms in total. The van der Waals surface area contributed by atoms with E-state index in [4.69, 9.17) is 4.42 Å². The molecule has 2 aromatic heterocycles. The molecule has 0 unspecified atom stereocenters. The van der Waals surface area contributed by atoms with E-state index in [2.05, 4.69) is 20.6 Å². The maximum atomic E-state index is 12.0. The summed E-state index contributed by atoms with van der Waals surface area (Å²) in [7, 11) is 0. The number of hydrogen-bond donors (Lipinski definition) is 2. The summed E-state index contributed by atoms with van der Waals surface area (Å²) < 4.78 is 5.49. The van der Waals surface area contributed by atoms with Crippen LogP contribution in [0.25, 0.3) is 11.0 Å². The molecule has 0 aliphatic carbocycles. The molecule has 0 aliphatic rings. The van der Waals surface area contributed by atoms with Crippen molar-refractivity contribution >= 4 is 22.8 Å². The highest BCUT2D eigenvalue weighted by Crippen LogP contribution is 2.18. The summed E-state index contributed by atoms with van der Waals surface area (Å²) in [5.74, 6) is -0.280. The standard InChI is InChI=1S/C17H16N4O3/c22-16(13-11-18-8-9-19-13)20-6-3-7-21-17(23)15-10-12-4-1-2-5-14(12)24-15/h1-2,4-5,8-11H,3,6-7H2,(H,20,22)(H,21,23). The topological polar surface area (TPSA) is 97.1 Å². The predicted octanol–water partition coefficient (Wildman–Crippen LogP) is 1.77. The van der Waals surface area contributed by atoms with E-state index in [9.17, 15) is 9.59 Å². The van der Waals surface area contributed by atoms with E-state index in [1.54, 1.807) is 6.07 Å². The minimum Gasteiger partial charge on any atom is -0.451 e. The van der Waals surface area contributed by atoms with Crippen LogP contribution in [0.2, 0.25) is 0 Å². The van der Waals surface area contributed by atoms with Crippen molar-refractivity contribution in [2.24, 2.45) is 0 Å². The fourth-order valence-electron chi connectivity index (χ4n) is 2.18. The molecule has 7 heteroatoms. The molecule has 0 saturated heterocycles. The Morgan fingerprint density at radius 1 is 1.04 bits per heavy atom. The zero-order valence-corrected chi connectivity index (χ0v) is 12.9. The smallest absolute Gasteiger partial charge is 0.287 e. The second-order valence-corrected chi connectivity index (χ2v) is 5.10. The summed E-state index contributed by atoms with van der Waals surface area (Å²) >= 11 is 0. The van der Waals surface area contributed by atoms with Crippen molar-refractivity contribution in [2.75, 3.05) is 13.1 Å². The molecule has 2 heterocycles. The highest BCUT2D eigenvalue weighted by atomic mass is 16.3. The normalized spacial score (nSPS) is 10.5. The maximum absolute atomic E-state index is 12.0. The van der Waals surface area contributed by atoms with Gasteiger partial charge >= 0.3 is 0 Å². The third-order valence-corrected chi connectivity index (χ3v) is 3.37. The molecule has 122 valence electrons. The number of para-hydroxylation sites is 1. The zero-order valence-electron chi connectivity index (χ0n) is 12.9. The molecular formula is C17H16N4O3. The Labute approximate surface area is 138 Å². The molecule has 1 aromatic carbocycles. The molecule has 0 radical (unpaired) electrons. The van der Waals surface area contributed by atoms with Crippen molar-refractivity contribution in [2.45, 2.75) is 6.42 Å². The summed E-state index contributed by atoms with van der Waals surface area (Å²) in [5.41, 5.74) is 0.947. The first-order chi connectivity index (χ1) is 11.7. The van der Waals surface area contributed by atoms with Crippen LogP contribution in [0.5, 0.6) is 0 Å². The maximum Gasteiger partial charge on any atom is 0.287 e. The van der Waals surface area contributed by atoms with E-state index < -0.39 is 0 Å². The quantitative estimate of drug-likeness (QED) is 0.674. The molecule has 0 fully saturated rings. The average molecular weight is 324 g/mol. The van der Waals surface area contributed by atoms with Gasteiger partial charge in [-0.15, -0.1) is 0 Å². The van der Waals surface area contributed by atoms with Gasteiger partial charge in [0, 0.05) is 30.9 Å². The van der Waals surface area contributed by atoms with Crippen LogP contribution in [0.1, 0.15) is 27.5 Å². The molecular weight excluding hydrogens is 308 g/mol. The van der Waals surface area contributed by atoms with Gasteiger partial charge in [-0.2, -0.15) is 0 Å². The van der Waals surface area contributed by atoms with Crippen molar-refractivity contribution in [1.82, 2.24) is 20.6 Å². The van der Waals surface area contributed by atoms with Gasteiger partial charge in [-0.05, 0) is 18.6 Å². The Morgan fingerprint density at radius 2 is 1.83 bits per heavy atom. The van der Waals surface area contributed by atoms with Crippen LogP contribution in [0.3, 0.4) is 0 Å². The summed E-state index contributed by atoms with van der Waals surface area (Å²) in [6.45, 7) is 0.854. The number of furan rings is 1. The Balaban J connectivity index is 1.41. The lowest BCUT2D eigenvalue weighted by atomic mass is 10.2. The fraction of sp³-hybridized carbons (Fsp3) is 0.176. The molecule has 24 heavy (non-hydrogen) atoms. The summed E-state index contributed by atoms with van der Waals surface area (Å²) in [6, 6.07) is 9.15. The minimum atomic E-state index is -0.285. The number of nitrogens with zero attached hydrogens (tertiary/aromatic N) is 2.